The van der Waals surface area contributed by atoms with Crippen LogP contribution < -0.4 is 10.6 Å². The fraction of sp³-hybridized carbons (Fsp3) is 0.235. The van der Waals surface area contributed by atoms with E-state index in [2.05, 4.69) is 56.5 Å². The molecule has 3 rings (SSSR count). The lowest BCUT2D eigenvalue weighted by Crippen LogP contribution is -2.36. The van der Waals surface area contributed by atoms with Crippen LogP contribution in [0.5, 0.6) is 0 Å². The molecule has 0 saturated heterocycles. The van der Waals surface area contributed by atoms with Crippen molar-refractivity contribution < 1.29 is 4.79 Å². The van der Waals surface area contributed by atoms with Crippen LogP contribution in [-0.2, 0) is 11.3 Å². The summed E-state index contributed by atoms with van der Waals surface area (Å²) in [5.41, 5.74) is 1.20. The summed E-state index contributed by atoms with van der Waals surface area (Å²) >= 11 is 0. The van der Waals surface area contributed by atoms with Gasteiger partial charge in [-0.2, -0.15) is 0 Å². The summed E-state index contributed by atoms with van der Waals surface area (Å²) in [6.07, 6.45) is 6.70. The standard InChI is InChI=1S/C17H19N5O/c1-13(12-22-9-6-14-4-2-3-5-15(14)22)20-11-17(23)21-16-10-18-7-8-19-16/h2-10,13,20H,11-12H2,1H3,(H,19,21,23). The first-order valence-electron chi connectivity index (χ1n) is 7.55. The van der Waals surface area contributed by atoms with Crippen LogP contribution in [0.15, 0.2) is 55.1 Å². The van der Waals surface area contributed by atoms with E-state index in [1.807, 2.05) is 12.1 Å². The van der Waals surface area contributed by atoms with E-state index < -0.39 is 0 Å². The number of anilines is 1. The summed E-state index contributed by atoms with van der Waals surface area (Å²) in [7, 11) is 0. The van der Waals surface area contributed by atoms with Crippen LogP contribution in [0, 0.1) is 0 Å². The molecule has 3 aromatic rings. The van der Waals surface area contributed by atoms with Crippen LogP contribution >= 0.6 is 0 Å². The molecule has 1 atom stereocenters. The molecule has 0 radical (unpaired) electrons. The Morgan fingerprint density at radius 3 is 2.96 bits per heavy atom. The van der Waals surface area contributed by atoms with Gasteiger partial charge in [-0.05, 0) is 24.4 Å². The first kappa shape index (κ1) is 15.2. The number of hydrogen-bond donors (Lipinski definition) is 2. The molecule has 1 aromatic carbocycles. The van der Waals surface area contributed by atoms with E-state index in [1.165, 1.54) is 17.1 Å². The number of benzene rings is 1. The zero-order valence-electron chi connectivity index (χ0n) is 12.9. The average Bonchev–Trinajstić information content (AvgIpc) is 2.97. The molecule has 0 fully saturated rings. The molecule has 1 amide bonds. The smallest absolute Gasteiger partial charge is 0.239 e. The van der Waals surface area contributed by atoms with E-state index in [9.17, 15) is 4.79 Å². The molecule has 23 heavy (non-hydrogen) atoms. The van der Waals surface area contributed by atoms with Gasteiger partial charge in [-0.25, -0.2) is 4.98 Å². The third kappa shape index (κ3) is 3.92. The van der Waals surface area contributed by atoms with Gasteiger partial charge in [0.2, 0.25) is 5.91 Å². The second kappa shape index (κ2) is 7.02. The van der Waals surface area contributed by atoms with Crippen LogP contribution in [0.3, 0.4) is 0 Å². The Balaban J connectivity index is 1.51. The van der Waals surface area contributed by atoms with Crippen LogP contribution in [0.4, 0.5) is 5.82 Å². The minimum atomic E-state index is -0.130. The van der Waals surface area contributed by atoms with E-state index >= 15 is 0 Å². The van der Waals surface area contributed by atoms with Gasteiger partial charge in [0.05, 0.1) is 12.7 Å². The van der Waals surface area contributed by atoms with Gasteiger partial charge in [-0.1, -0.05) is 18.2 Å². The maximum Gasteiger partial charge on any atom is 0.239 e. The SMILES string of the molecule is CC(Cn1ccc2ccccc21)NCC(=O)Nc1cnccn1. The van der Waals surface area contributed by atoms with Gasteiger partial charge >= 0.3 is 0 Å². The van der Waals surface area contributed by atoms with Crippen LogP contribution in [0.1, 0.15) is 6.92 Å². The number of carbonyl (C=O) groups excluding carboxylic acids is 1. The minimum absolute atomic E-state index is 0.130. The molecular formula is C17H19N5O. The normalized spacial score (nSPS) is 12.2. The molecule has 0 saturated carbocycles. The predicted octanol–water partition coefficient (Wildman–Crippen LogP) is 2.05. The van der Waals surface area contributed by atoms with E-state index in [0.29, 0.717) is 5.82 Å². The first-order valence-corrected chi connectivity index (χ1v) is 7.55. The average molecular weight is 309 g/mol. The minimum Gasteiger partial charge on any atom is -0.346 e. The summed E-state index contributed by atoms with van der Waals surface area (Å²) in [6, 6.07) is 10.5. The second-order valence-electron chi connectivity index (χ2n) is 5.45. The zero-order chi connectivity index (χ0) is 16.1. The second-order valence-corrected chi connectivity index (χ2v) is 5.45. The van der Waals surface area contributed by atoms with E-state index in [1.54, 1.807) is 12.4 Å². The number of aromatic nitrogens is 3. The Labute approximate surface area is 134 Å². The van der Waals surface area contributed by atoms with Crippen molar-refractivity contribution in [2.45, 2.75) is 19.5 Å². The van der Waals surface area contributed by atoms with Gasteiger partial charge in [-0.15, -0.1) is 0 Å². The van der Waals surface area contributed by atoms with Gasteiger partial charge in [0.1, 0.15) is 0 Å². The number of para-hydroxylation sites is 1. The summed E-state index contributed by atoms with van der Waals surface area (Å²) in [5.74, 6) is 0.332. The van der Waals surface area contributed by atoms with Crippen molar-refractivity contribution in [3.63, 3.8) is 0 Å². The number of rotatable bonds is 6. The topological polar surface area (TPSA) is 71.8 Å². The largest absolute Gasteiger partial charge is 0.346 e. The molecule has 2 aromatic heterocycles. The van der Waals surface area contributed by atoms with E-state index in [0.717, 1.165) is 6.54 Å². The van der Waals surface area contributed by atoms with Gasteiger partial charge in [0.15, 0.2) is 5.82 Å². The molecule has 6 nitrogen and oxygen atoms in total. The van der Waals surface area contributed by atoms with Crippen molar-refractivity contribution in [3.8, 4) is 0 Å². The van der Waals surface area contributed by atoms with Crippen LogP contribution in [0.25, 0.3) is 10.9 Å². The monoisotopic (exact) mass is 309 g/mol. The van der Waals surface area contributed by atoms with Gasteiger partial charge in [0.25, 0.3) is 0 Å². The lowest BCUT2D eigenvalue weighted by atomic mass is 10.2. The Kier molecular flexibility index (Phi) is 4.63. The Bertz CT molecular complexity index is 784. The number of nitrogens with one attached hydrogen (secondary N) is 2. The third-order valence-corrected chi connectivity index (χ3v) is 3.59. The fourth-order valence-corrected chi connectivity index (χ4v) is 2.48. The summed E-state index contributed by atoms with van der Waals surface area (Å²) in [4.78, 5) is 19.8. The van der Waals surface area contributed by atoms with Crippen molar-refractivity contribution in [2.24, 2.45) is 0 Å². The van der Waals surface area contributed by atoms with Gasteiger partial charge in [-0.3, -0.25) is 9.78 Å². The predicted molar refractivity (Wildman–Crippen MR) is 90.1 cm³/mol. The Hall–Kier alpha value is -2.73. The molecule has 0 aliphatic carbocycles. The summed E-state index contributed by atoms with van der Waals surface area (Å²) < 4.78 is 2.19. The highest BCUT2D eigenvalue weighted by Crippen LogP contribution is 2.15. The Morgan fingerprint density at radius 1 is 1.26 bits per heavy atom. The highest BCUT2D eigenvalue weighted by molar-refractivity contribution is 5.91. The highest BCUT2D eigenvalue weighted by Gasteiger charge is 2.08. The van der Waals surface area contributed by atoms with Crippen molar-refractivity contribution in [3.05, 3.63) is 55.1 Å². The zero-order valence-corrected chi connectivity index (χ0v) is 12.9. The molecule has 2 heterocycles. The molecule has 0 bridgehead atoms. The van der Waals surface area contributed by atoms with Crippen LogP contribution in [-0.4, -0.2) is 33.0 Å². The molecule has 0 aliphatic rings. The molecular weight excluding hydrogens is 290 g/mol. The van der Waals surface area contributed by atoms with Crippen molar-refractivity contribution in [1.82, 2.24) is 19.9 Å². The van der Waals surface area contributed by atoms with Crippen molar-refractivity contribution in [2.75, 3.05) is 11.9 Å². The van der Waals surface area contributed by atoms with Crippen molar-refractivity contribution in [1.29, 1.82) is 0 Å². The summed E-state index contributed by atoms with van der Waals surface area (Å²) in [5, 5.41) is 7.15. The lowest BCUT2D eigenvalue weighted by Gasteiger charge is -2.15. The quantitative estimate of drug-likeness (QED) is 0.731. The molecule has 1 unspecified atom stereocenters. The molecule has 6 heteroatoms. The lowest BCUT2D eigenvalue weighted by molar-refractivity contribution is -0.115. The highest BCUT2D eigenvalue weighted by atomic mass is 16.2. The molecule has 2 N–H and O–H groups in total. The maximum absolute atomic E-state index is 11.9. The number of amides is 1. The van der Waals surface area contributed by atoms with Crippen LogP contribution in [0.2, 0.25) is 0 Å². The van der Waals surface area contributed by atoms with Gasteiger partial charge < -0.3 is 15.2 Å². The number of nitrogens with zero attached hydrogens (tertiary/aromatic N) is 3. The number of hydrogen-bond acceptors (Lipinski definition) is 4. The van der Waals surface area contributed by atoms with E-state index in [4.69, 9.17) is 0 Å². The number of fused-ring (bicyclic) bond motifs is 1. The van der Waals surface area contributed by atoms with Gasteiger partial charge in [0, 0.05) is 36.7 Å². The molecule has 0 spiro atoms. The Morgan fingerprint density at radius 2 is 2.13 bits per heavy atom. The maximum atomic E-state index is 11.9. The summed E-state index contributed by atoms with van der Waals surface area (Å²) in [6.45, 7) is 3.09. The number of carbonyl (C=O) groups is 1. The molecule has 0 aliphatic heterocycles. The third-order valence-electron chi connectivity index (χ3n) is 3.59. The van der Waals surface area contributed by atoms with E-state index in [-0.39, 0.29) is 18.5 Å². The van der Waals surface area contributed by atoms with Crippen molar-refractivity contribution >= 4 is 22.6 Å². The fourth-order valence-electron chi connectivity index (χ4n) is 2.48. The molecule has 118 valence electrons. The first-order chi connectivity index (χ1) is 11.2.